The molecule has 122 valence electrons. The summed E-state index contributed by atoms with van der Waals surface area (Å²) in [5.41, 5.74) is 1.75. The van der Waals surface area contributed by atoms with Crippen LogP contribution in [-0.4, -0.2) is 35.1 Å². The molecule has 2 aromatic rings. The van der Waals surface area contributed by atoms with E-state index in [0.29, 0.717) is 15.9 Å². The number of methoxy groups -OCH3 is 1. The van der Waals surface area contributed by atoms with Crippen molar-refractivity contribution in [1.82, 2.24) is 9.88 Å². The lowest BCUT2D eigenvalue weighted by Gasteiger charge is -2.07. The maximum Gasteiger partial charge on any atom is 0.266 e. The zero-order valence-electron chi connectivity index (χ0n) is 13.7. The van der Waals surface area contributed by atoms with Crippen LogP contribution in [0.3, 0.4) is 0 Å². The number of hydrogen-bond donors (Lipinski definition) is 0. The standard InChI is InChI=1S/C18H17N3O2S/c1-12-7-6-10-16(19-12)20-18-21(2)17(22)15(24-18)11-13-8-4-5-9-14(13)23-3/h4-11H,1-3H3/b15-11-,20-18+. The van der Waals surface area contributed by atoms with E-state index in [4.69, 9.17) is 4.74 Å². The summed E-state index contributed by atoms with van der Waals surface area (Å²) >= 11 is 1.33. The van der Waals surface area contributed by atoms with Gasteiger partial charge in [0.1, 0.15) is 5.75 Å². The van der Waals surface area contributed by atoms with E-state index in [1.165, 1.54) is 16.7 Å². The fourth-order valence-electron chi connectivity index (χ4n) is 2.27. The highest BCUT2D eigenvalue weighted by Gasteiger charge is 2.30. The fourth-order valence-corrected chi connectivity index (χ4v) is 3.23. The number of pyridine rings is 1. The topological polar surface area (TPSA) is 54.8 Å². The first-order chi connectivity index (χ1) is 11.6. The van der Waals surface area contributed by atoms with Gasteiger partial charge in [-0.3, -0.25) is 9.69 Å². The maximum absolute atomic E-state index is 12.5. The molecule has 6 heteroatoms. The number of nitrogens with zero attached hydrogens (tertiary/aromatic N) is 3. The molecule has 0 atom stereocenters. The van der Waals surface area contributed by atoms with Gasteiger partial charge in [-0.05, 0) is 43.0 Å². The second-order valence-corrected chi connectivity index (χ2v) is 6.26. The van der Waals surface area contributed by atoms with Gasteiger partial charge >= 0.3 is 0 Å². The largest absolute Gasteiger partial charge is 0.496 e. The van der Waals surface area contributed by atoms with E-state index in [1.54, 1.807) is 14.2 Å². The number of aryl methyl sites for hydroxylation is 1. The minimum Gasteiger partial charge on any atom is -0.496 e. The summed E-state index contributed by atoms with van der Waals surface area (Å²) < 4.78 is 5.33. The van der Waals surface area contributed by atoms with Crippen molar-refractivity contribution in [2.24, 2.45) is 4.99 Å². The molecule has 5 nitrogen and oxygen atoms in total. The van der Waals surface area contributed by atoms with E-state index in [2.05, 4.69) is 9.98 Å². The maximum atomic E-state index is 12.5. The molecule has 0 radical (unpaired) electrons. The highest BCUT2D eigenvalue weighted by atomic mass is 32.2. The molecule has 24 heavy (non-hydrogen) atoms. The number of thioether (sulfide) groups is 1. The molecule has 0 saturated carbocycles. The lowest BCUT2D eigenvalue weighted by molar-refractivity contribution is -0.121. The number of likely N-dealkylation sites (N-methyl/N-ethyl adjacent to an activating group) is 1. The average molecular weight is 339 g/mol. The van der Waals surface area contributed by atoms with E-state index in [1.807, 2.05) is 55.5 Å². The predicted octanol–water partition coefficient (Wildman–Crippen LogP) is 3.63. The van der Waals surface area contributed by atoms with Gasteiger partial charge in [0.05, 0.1) is 12.0 Å². The average Bonchev–Trinajstić information content (AvgIpc) is 2.83. The first-order valence-electron chi connectivity index (χ1n) is 7.41. The van der Waals surface area contributed by atoms with Gasteiger partial charge in [0.2, 0.25) is 0 Å². The second kappa shape index (κ2) is 6.88. The van der Waals surface area contributed by atoms with Crippen LogP contribution in [0.2, 0.25) is 0 Å². The van der Waals surface area contributed by atoms with Crippen molar-refractivity contribution in [3.63, 3.8) is 0 Å². The molecule has 1 fully saturated rings. The van der Waals surface area contributed by atoms with Crippen LogP contribution >= 0.6 is 11.8 Å². The van der Waals surface area contributed by atoms with Crippen molar-refractivity contribution in [3.8, 4) is 5.75 Å². The number of ether oxygens (including phenoxy) is 1. The van der Waals surface area contributed by atoms with Crippen LogP contribution in [0, 0.1) is 6.92 Å². The highest BCUT2D eigenvalue weighted by molar-refractivity contribution is 8.18. The van der Waals surface area contributed by atoms with Crippen LogP contribution in [0.1, 0.15) is 11.3 Å². The molecule has 1 aromatic heterocycles. The lowest BCUT2D eigenvalue weighted by Crippen LogP contribution is -2.23. The number of amidine groups is 1. The molecule has 2 heterocycles. The Morgan fingerprint density at radius 3 is 2.75 bits per heavy atom. The Kier molecular flexibility index (Phi) is 4.66. The molecular formula is C18H17N3O2S. The van der Waals surface area contributed by atoms with Crippen molar-refractivity contribution in [1.29, 1.82) is 0 Å². The first kappa shape index (κ1) is 16.3. The van der Waals surface area contributed by atoms with Crippen LogP contribution in [0.5, 0.6) is 5.75 Å². The fraction of sp³-hybridized carbons (Fsp3) is 0.167. The van der Waals surface area contributed by atoms with Crippen molar-refractivity contribution < 1.29 is 9.53 Å². The minimum absolute atomic E-state index is 0.0858. The Bertz CT molecular complexity index is 846. The summed E-state index contributed by atoms with van der Waals surface area (Å²) in [5, 5.41) is 0.610. The number of aromatic nitrogens is 1. The summed E-state index contributed by atoms with van der Waals surface area (Å²) in [7, 11) is 3.33. The van der Waals surface area contributed by atoms with Crippen molar-refractivity contribution in [2.45, 2.75) is 6.92 Å². The number of aliphatic imine (C=N–C) groups is 1. The van der Waals surface area contributed by atoms with Crippen LogP contribution in [0.4, 0.5) is 5.82 Å². The van der Waals surface area contributed by atoms with Crippen LogP contribution in [0.15, 0.2) is 52.4 Å². The van der Waals surface area contributed by atoms with E-state index >= 15 is 0 Å². The molecule has 0 aliphatic carbocycles. The molecule has 1 saturated heterocycles. The molecule has 0 spiro atoms. The molecule has 1 aliphatic rings. The molecule has 0 N–H and O–H groups in total. The Balaban J connectivity index is 1.93. The van der Waals surface area contributed by atoms with Crippen molar-refractivity contribution in [3.05, 3.63) is 58.6 Å². The van der Waals surface area contributed by atoms with Gasteiger partial charge in [0.15, 0.2) is 11.0 Å². The Morgan fingerprint density at radius 2 is 2.00 bits per heavy atom. The number of carbonyl (C=O) groups excluding carboxylic acids is 1. The number of amides is 1. The highest BCUT2D eigenvalue weighted by Crippen LogP contribution is 2.34. The molecule has 3 rings (SSSR count). The van der Waals surface area contributed by atoms with Crippen LogP contribution < -0.4 is 4.74 Å². The number of para-hydroxylation sites is 1. The van der Waals surface area contributed by atoms with E-state index in [0.717, 1.165) is 17.0 Å². The predicted molar refractivity (Wildman–Crippen MR) is 97.4 cm³/mol. The SMILES string of the molecule is COc1ccccc1/C=C1\S/C(=N/c2cccc(C)n2)N(C)C1=O. The van der Waals surface area contributed by atoms with Gasteiger partial charge in [0, 0.05) is 18.3 Å². The molecular weight excluding hydrogens is 322 g/mol. The molecule has 1 aliphatic heterocycles. The molecule has 1 amide bonds. The van der Waals surface area contributed by atoms with E-state index < -0.39 is 0 Å². The third kappa shape index (κ3) is 3.33. The number of hydrogen-bond acceptors (Lipinski definition) is 5. The Labute approximate surface area is 145 Å². The van der Waals surface area contributed by atoms with Gasteiger partial charge in [-0.2, -0.15) is 0 Å². The van der Waals surface area contributed by atoms with Crippen LogP contribution in [-0.2, 0) is 4.79 Å². The number of carbonyl (C=O) groups is 1. The zero-order chi connectivity index (χ0) is 17.1. The quantitative estimate of drug-likeness (QED) is 0.801. The number of rotatable bonds is 3. The van der Waals surface area contributed by atoms with E-state index in [9.17, 15) is 4.79 Å². The first-order valence-corrected chi connectivity index (χ1v) is 8.23. The van der Waals surface area contributed by atoms with Crippen LogP contribution in [0.25, 0.3) is 6.08 Å². The van der Waals surface area contributed by atoms with Gasteiger partial charge in [-0.1, -0.05) is 24.3 Å². The molecule has 0 bridgehead atoms. The monoisotopic (exact) mass is 339 g/mol. The summed E-state index contributed by atoms with van der Waals surface area (Å²) in [5.74, 6) is 1.24. The van der Waals surface area contributed by atoms with Crippen molar-refractivity contribution in [2.75, 3.05) is 14.2 Å². The second-order valence-electron chi connectivity index (χ2n) is 5.25. The van der Waals surface area contributed by atoms with Crippen molar-refractivity contribution >= 4 is 34.7 Å². The third-order valence-corrected chi connectivity index (χ3v) is 4.57. The summed E-state index contributed by atoms with van der Waals surface area (Å²) in [4.78, 5) is 23.5. The minimum atomic E-state index is -0.0858. The summed E-state index contributed by atoms with van der Waals surface area (Å²) in [6.45, 7) is 1.91. The normalized spacial score (nSPS) is 17.8. The molecule has 1 aromatic carbocycles. The summed E-state index contributed by atoms with van der Waals surface area (Å²) in [6, 6.07) is 13.2. The Morgan fingerprint density at radius 1 is 1.21 bits per heavy atom. The Hall–Kier alpha value is -2.60. The lowest BCUT2D eigenvalue weighted by atomic mass is 10.2. The van der Waals surface area contributed by atoms with Gasteiger partial charge < -0.3 is 4.74 Å². The smallest absolute Gasteiger partial charge is 0.266 e. The summed E-state index contributed by atoms with van der Waals surface area (Å²) in [6.07, 6.45) is 1.83. The van der Waals surface area contributed by atoms with Gasteiger partial charge in [-0.15, -0.1) is 0 Å². The zero-order valence-corrected chi connectivity index (χ0v) is 14.5. The third-order valence-electron chi connectivity index (χ3n) is 3.51. The number of benzene rings is 1. The van der Waals surface area contributed by atoms with E-state index in [-0.39, 0.29) is 5.91 Å². The van der Waals surface area contributed by atoms with Gasteiger partial charge in [-0.25, -0.2) is 9.98 Å². The van der Waals surface area contributed by atoms with Gasteiger partial charge in [0.25, 0.3) is 5.91 Å². The molecule has 0 unspecified atom stereocenters.